The second-order valence-corrected chi connectivity index (χ2v) is 5.70. The zero-order valence-electron chi connectivity index (χ0n) is 14.9. The van der Waals surface area contributed by atoms with E-state index in [-0.39, 0.29) is 24.0 Å². The lowest BCUT2D eigenvalue weighted by molar-refractivity contribution is 0.375. The Morgan fingerprint density at radius 1 is 1.46 bits per heavy atom. The molecule has 0 bridgehead atoms. The summed E-state index contributed by atoms with van der Waals surface area (Å²) in [6.45, 7) is 8.07. The summed E-state index contributed by atoms with van der Waals surface area (Å²) in [5.74, 6) is 2.78. The van der Waals surface area contributed by atoms with E-state index in [1.165, 1.54) is 0 Å². The van der Waals surface area contributed by atoms with Gasteiger partial charge in [-0.3, -0.25) is 4.68 Å². The van der Waals surface area contributed by atoms with Crippen molar-refractivity contribution in [2.45, 2.75) is 39.8 Å². The van der Waals surface area contributed by atoms with E-state index >= 15 is 0 Å². The maximum absolute atomic E-state index is 5.33. The highest BCUT2D eigenvalue weighted by atomic mass is 127. The van der Waals surface area contributed by atoms with Crippen LogP contribution >= 0.6 is 24.0 Å². The van der Waals surface area contributed by atoms with Crippen molar-refractivity contribution in [3.63, 3.8) is 0 Å². The fraction of sp³-hybridized carbons (Fsp3) is 0.600. The first-order valence-electron chi connectivity index (χ1n) is 7.79. The van der Waals surface area contributed by atoms with Gasteiger partial charge in [0, 0.05) is 26.7 Å². The number of aliphatic imine (C=N–C) groups is 1. The maximum atomic E-state index is 5.33. The van der Waals surface area contributed by atoms with Crippen LogP contribution in [-0.4, -0.2) is 44.4 Å². The first kappa shape index (κ1) is 20.4. The Morgan fingerprint density at radius 2 is 2.21 bits per heavy atom. The van der Waals surface area contributed by atoms with Gasteiger partial charge in [-0.1, -0.05) is 19.0 Å². The van der Waals surface area contributed by atoms with Crippen LogP contribution < -0.4 is 5.32 Å². The van der Waals surface area contributed by atoms with Gasteiger partial charge in [0.05, 0.1) is 12.2 Å². The summed E-state index contributed by atoms with van der Waals surface area (Å²) in [6.07, 6.45) is 1.55. The monoisotopic (exact) mass is 447 g/mol. The van der Waals surface area contributed by atoms with Gasteiger partial charge in [-0.2, -0.15) is 5.10 Å². The highest BCUT2D eigenvalue weighted by molar-refractivity contribution is 14.0. The summed E-state index contributed by atoms with van der Waals surface area (Å²) in [7, 11) is 3.85. The van der Waals surface area contributed by atoms with Crippen molar-refractivity contribution in [3.05, 3.63) is 29.7 Å². The van der Waals surface area contributed by atoms with Gasteiger partial charge in [0.25, 0.3) is 0 Å². The molecular weight excluding hydrogens is 421 g/mol. The highest BCUT2D eigenvalue weighted by Crippen LogP contribution is 2.14. The molecule has 0 aliphatic carbocycles. The third kappa shape index (κ3) is 5.46. The van der Waals surface area contributed by atoms with E-state index in [2.05, 4.69) is 39.4 Å². The molecule has 2 rings (SSSR count). The molecular formula is C15H26IN7O. The molecule has 0 fully saturated rings. The van der Waals surface area contributed by atoms with Crippen LogP contribution in [0.4, 0.5) is 0 Å². The van der Waals surface area contributed by atoms with Gasteiger partial charge < -0.3 is 14.7 Å². The third-order valence-electron chi connectivity index (χ3n) is 3.43. The SMILES string of the molecule is CCNC(=NCc1cc(C(C)C)no1)N(C)Cc1ncnn1C.I. The molecule has 9 heteroatoms. The second kappa shape index (κ2) is 9.60. The Morgan fingerprint density at radius 3 is 2.75 bits per heavy atom. The normalized spacial score (nSPS) is 11.5. The zero-order valence-corrected chi connectivity index (χ0v) is 17.2. The van der Waals surface area contributed by atoms with Gasteiger partial charge in [0.2, 0.25) is 0 Å². The Bertz CT molecular complexity index is 650. The molecule has 24 heavy (non-hydrogen) atoms. The quantitative estimate of drug-likeness (QED) is 0.415. The van der Waals surface area contributed by atoms with Crippen LogP contribution in [0.5, 0.6) is 0 Å². The lowest BCUT2D eigenvalue weighted by Crippen LogP contribution is -2.39. The molecule has 0 atom stereocenters. The smallest absolute Gasteiger partial charge is 0.194 e. The molecule has 2 aromatic rings. The van der Waals surface area contributed by atoms with Crippen molar-refractivity contribution in [3.8, 4) is 0 Å². The predicted molar refractivity (Wildman–Crippen MR) is 103 cm³/mol. The van der Waals surface area contributed by atoms with Crippen molar-refractivity contribution in [2.24, 2.45) is 12.0 Å². The van der Waals surface area contributed by atoms with E-state index in [4.69, 9.17) is 4.52 Å². The molecule has 0 spiro atoms. The molecule has 0 aromatic carbocycles. The van der Waals surface area contributed by atoms with Crippen LogP contribution in [-0.2, 0) is 20.1 Å². The molecule has 0 radical (unpaired) electrons. The van der Waals surface area contributed by atoms with Gasteiger partial charge >= 0.3 is 0 Å². The summed E-state index contributed by atoms with van der Waals surface area (Å²) in [4.78, 5) is 10.9. The van der Waals surface area contributed by atoms with Gasteiger partial charge in [-0.15, -0.1) is 24.0 Å². The minimum atomic E-state index is 0. The average molecular weight is 447 g/mol. The molecule has 0 saturated carbocycles. The minimum absolute atomic E-state index is 0. The van der Waals surface area contributed by atoms with E-state index in [1.807, 2.05) is 32.0 Å². The molecule has 134 valence electrons. The second-order valence-electron chi connectivity index (χ2n) is 5.70. The zero-order chi connectivity index (χ0) is 16.8. The number of rotatable bonds is 6. The molecule has 0 aliphatic heterocycles. The minimum Gasteiger partial charge on any atom is -0.359 e. The molecule has 8 nitrogen and oxygen atoms in total. The van der Waals surface area contributed by atoms with E-state index in [0.717, 1.165) is 29.8 Å². The first-order valence-corrected chi connectivity index (χ1v) is 7.79. The molecule has 2 aromatic heterocycles. The molecule has 2 heterocycles. The van der Waals surface area contributed by atoms with E-state index in [1.54, 1.807) is 11.0 Å². The van der Waals surface area contributed by atoms with Crippen LogP contribution in [0.15, 0.2) is 21.9 Å². The lowest BCUT2D eigenvalue weighted by Gasteiger charge is -2.21. The fourth-order valence-electron chi connectivity index (χ4n) is 2.05. The van der Waals surface area contributed by atoms with Crippen LogP contribution in [0.1, 0.15) is 44.0 Å². The number of aryl methyl sites for hydroxylation is 1. The Kier molecular flexibility index (Phi) is 8.16. The molecule has 0 aliphatic rings. The van der Waals surface area contributed by atoms with Gasteiger partial charge in [-0.25, -0.2) is 9.98 Å². The topological polar surface area (TPSA) is 84.4 Å². The van der Waals surface area contributed by atoms with E-state index in [0.29, 0.717) is 19.0 Å². The van der Waals surface area contributed by atoms with Crippen molar-refractivity contribution in [1.29, 1.82) is 0 Å². The van der Waals surface area contributed by atoms with Crippen LogP contribution in [0.3, 0.4) is 0 Å². The fourth-order valence-corrected chi connectivity index (χ4v) is 2.05. The Labute approximate surface area is 159 Å². The van der Waals surface area contributed by atoms with Gasteiger partial charge in [-0.05, 0) is 12.8 Å². The number of hydrogen-bond acceptors (Lipinski definition) is 5. The summed E-state index contributed by atoms with van der Waals surface area (Å²) in [5, 5.41) is 11.4. The number of guanidine groups is 1. The first-order chi connectivity index (χ1) is 11.0. The van der Waals surface area contributed by atoms with Gasteiger partial charge in [0.1, 0.15) is 18.7 Å². The van der Waals surface area contributed by atoms with Crippen LogP contribution in [0.2, 0.25) is 0 Å². The largest absolute Gasteiger partial charge is 0.359 e. The maximum Gasteiger partial charge on any atom is 0.194 e. The molecule has 0 saturated heterocycles. The summed E-state index contributed by atoms with van der Waals surface area (Å²) in [6, 6.07) is 1.96. The molecule has 1 N–H and O–H groups in total. The summed E-state index contributed by atoms with van der Waals surface area (Å²) < 4.78 is 7.08. The number of aromatic nitrogens is 4. The average Bonchev–Trinajstić information content (AvgIpc) is 3.13. The highest BCUT2D eigenvalue weighted by Gasteiger charge is 2.11. The summed E-state index contributed by atoms with van der Waals surface area (Å²) in [5.41, 5.74) is 0.952. The number of halogens is 1. The van der Waals surface area contributed by atoms with Gasteiger partial charge in [0.15, 0.2) is 11.7 Å². The van der Waals surface area contributed by atoms with Crippen LogP contribution in [0.25, 0.3) is 0 Å². The standard InChI is InChI=1S/C15H25N7O.HI/c1-6-16-15(21(4)9-14-18-10-19-22(14)5)17-8-12-7-13(11(2)3)20-23-12;/h7,10-11H,6,8-9H2,1-5H3,(H,16,17);1H. The Hall–Kier alpha value is -1.65. The van der Waals surface area contributed by atoms with E-state index < -0.39 is 0 Å². The predicted octanol–water partition coefficient (Wildman–Crippen LogP) is 2.14. The molecule has 0 unspecified atom stereocenters. The van der Waals surface area contributed by atoms with Crippen molar-refractivity contribution in [2.75, 3.05) is 13.6 Å². The van der Waals surface area contributed by atoms with Crippen LogP contribution in [0, 0.1) is 0 Å². The number of nitrogens with one attached hydrogen (secondary N) is 1. The number of hydrogen-bond donors (Lipinski definition) is 1. The van der Waals surface area contributed by atoms with Crippen molar-refractivity contribution >= 4 is 29.9 Å². The molecule has 0 amide bonds. The van der Waals surface area contributed by atoms with E-state index in [9.17, 15) is 0 Å². The Balaban J connectivity index is 0.00000288. The van der Waals surface area contributed by atoms with Crippen molar-refractivity contribution in [1.82, 2.24) is 30.1 Å². The third-order valence-corrected chi connectivity index (χ3v) is 3.43. The van der Waals surface area contributed by atoms with Crippen molar-refractivity contribution < 1.29 is 4.52 Å². The number of nitrogens with zero attached hydrogens (tertiary/aromatic N) is 6. The lowest BCUT2D eigenvalue weighted by atomic mass is 10.1. The summed E-state index contributed by atoms with van der Waals surface area (Å²) >= 11 is 0.